The molecule has 2 aromatic rings. The zero-order valence-electron chi connectivity index (χ0n) is 15.7. The summed E-state index contributed by atoms with van der Waals surface area (Å²) in [7, 11) is 1.75. The molecule has 0 spiro atoms. The third kappa shape index (κ3) is 4.93. The third-order valence-corrected chi connectivity index (χ3v) is 3.83. The van der Waals surface area contributed by atoms with E-state index in [1.807, 2.05) is 20.8 Å². The van der Waals surface area contributed by atoms with E-state index >= 15 is 0 Å². The van der Waals surface area contributed by atoms with Crippen LogP contribution in [0.3, 0.4) is 0 Å². The largest absolute Gasteiger partial charge is 0.421 e. The first kappa shape index (κ1) is 18.7. The predicted molar refractivity (Wildman–Crippen MR) is 101 cm³/mol. The number of benzene rings is 1. The molecule has 0 saturated heterocycles. The van der Waals surface area contributed by atoms with Crippen LogP contribution in [-0.2, 0) is 11.8 Å². The molecule has 0 N–H and O–H groups in total. The molecule has 1 heterocycles. The summed E-state index contributed by atoms with van der Waals surface area (Å²) in [6, 6.07) is 10.4. The highest BCUT2D eigenvalue weighted by atomic mass is 16.4. The van der Waals surface area contributed by atoms with Crippen molar-refractivity contribution < 1.29 is 4.42 Å². The van der Waals surface area contributed by atoms with Crippen LogP contribution in [0.1, 0.15) is 63.2 Å². The second-order valence-corrected chi connectivity index (χ2v) is 7.15. The van der Waals surface area contributed by atoms with Crippen molar-refractivity contribution in [1.29, 1.82) is 5.26 Å². The fourth-order valence-electron chi connectivity index (χ4n) is 2.28. The Bertz CT molecular complexity index is 760. The smallest absolute Gasteiger partial charge is 0.254 e. The first-order chi connectivity index (χ1) is 11.8. The number of aromatic nitrogens is 1. The Hall–Kier alpha value is -2.61. The Balaban J connectivity index is 2.13. The number of unbranched alkanes of at least 4 members (excludes halogenated alkanes) is 1. The summed E-state index contributed by atoms with van der Waals surface area (Å²) < 4.78 is 5.76. The van der Waals surface area contributed by atoms with Crippen molar-refractivity contribution in [3.63, 3.8) is 0 Å². The predicted octanol–water partition coefficient (Wildman–Crippen LogP) is 4.66. The number of rotatable bonds is 6. The molecule has 0 aliphatic carbocycles. The number of hydrazone groups is 1. The van der Waals surface area contributed by atoms with E-state index in [0.29, 0.717) is 11.8 Å². The van der Waals surface area contributed by atoms with Gasteiger partial charge in [0.15, 0.2) is 0 Å². The number of aryl methyl sites for hydroxylation is 1. The van der Waals surface area contributed by atoms with Gasteiger partial charge in [0.25, 0.3) is 5.88 Å². The average Bonchev–Trinajstić information content (AvgIpc) is 3.03. The molecule has 0 bridgehead atoms. The lowest BCUT2D eigenvalue weighted by molar-refractivity contribution is 0.394. The Morgan fingerprint density at radius 3 is 2.52 bits per heavy atom. The molecule has 0 radical (unpaired) electrons. The Labute approximate surface area is 150 Å². The van der Waals surface area contributed by atoms with Gasteiger partial charge in [0.2, 0.25) is 11.6 Å². The summed E-state index contributed by atoms with van der Waals surface area (Å²) in [4.78, 5) is 4.27. The first-order valence-corrected chi connectivity index (χ1v) is 8.63. The van der Waals surface area contributed by atoms with E-state index < -0.39 is 0 Å². The van der Waals surface area contributed by atoms with Crippen molar-refractivity contribution in [1.82, 2.24) is 4.98 Å². The van der Waals surface area contributed by atoms with E-state index in [-0.39, 0.29) is 11.1 Å². The maximum atomic E-state index is 9.28. The van der Waals surface area contributed by atoms with Gasteiger partial charge >= 0.3 is 0 Å². The number of nitrogens with zero attached hydrogens (tertiary/aromatic N) is 4. The second-order valence-electron chi connectivity index (χ2n) is 7.15. The molecule has 2 rings (SSSR count). The number of hydrogen-bond acceptors (Lipinski definition) is 5. The quantitative estimate of drug-likeness (QED) is 0.568. The molecule has 5 heteroatoms. The van der Waals surface area contributed by atoms with Crippen LogP contribution in [0.15, 0.2) is 33.8 Å². The van der Waals surface area contributed by atoms with Crippen LogP contribution in [0.5, 0.6) is 0 Å². The topological polar surface area (TPSA) is 65.4 Å². The molecule has 0 aliphatic heterocycles. The summed E-state index contributed by atoms with van der Waals surface area (Å²) in [6.45, 7) is 8.17. The highest BCUT2D eigenvalue weighted by Crippen LogP contribution is 2.28. The number of hydrogen-bond donors (Lipinski definition) is 0. The molecule has 1 aromatic heterocycles. The number of anilines is 1. The van der Waals surface area contributed by atoms with E-state index in [4.69, 9.17) is 4.42 Å². The van der Waals surface area contributed by atoms with Crippen molar-refractivity contribution in [2.45, 2.75) is 52.4 Å². The zero-order valence-corrected chi connectivity index (χ0v) is 15.7. The monoisotopic (exact) mass is 338 g/mol. The fraction of sp³-hybridized carbons (Fsp3) is 0.450. The minimum absolute atomic E-state index is 0.250. The van der Waals surface area contributed by atoms with Crippen LogP contribution in [0.25, 0.3) is 0 Å². The van der Waals surface area contributed by atoms with Gasteiger partial charge in [0.1, 0.15) is 6.07 Å². The molecular formula is C20H26N4O. The molecule has 1 aromatic carbocycles. The minimum Gasteiger partial charge on any atom is -0.421 e. The Kier molecular flexibility index (Phi) is 5.97. The van der Waals surface area contributed by atoms with Gasteiger partial charge in [-0.3, -0.25) is 0 Å². The molecule has 25 heavy (non-hydrogen) atoms. The van der Waals surface area contributed by atoms with Crippen LogP contribution in [0.2, 0.25) is 0 Å². The van der Waals surface area contributed by atoms with Gasteiger partial charge in [-0.15, -0.1) is 0 Å². The molecule has 5 nitrogen and oxygen atoms in total. The number of oxazole rings is 1. The molecule has 0 atom stereocenters. The third-order valence-electron chi connectivity index (χ3n) is 3.83. The highest BCUT2D eigenvalue weighted by molar-refractivity contribution is 5.80. The standard InChI is InChI=1S/C20H26N4O/c1-6-7-8-15-9-11-16(12-10-15)14-22-24(5)18-17(13-21)23-19(25-18)20(2,3)4/h9-12,14H,6-8H2,1-5H3. The summed E-state index contributed by atoms with van der Waals surface area (Å²) in [6.07, 6.45) is 5.26. The SMILES string of the molecule is CCCCc1ccc(C=NN(C)c2oc(C(C)(C)C)nc2C#N)cc1. The lowest BCUT2D eigenvalue weighted by Gasteiger charge is -2.13. The van der Waals surface area contributed by atoms with Crippen molar-refractivity contribution in [2.75, 3.05) is 12.1 Å². The summed E-state index contributed by atoms with van der Waals surface area (Å²) in [5.41, 5.74) is 2.33. The molecule has 0 amide bonds. The zero-order chi connectivity index (χ0) is 18.4. The lowest BCUT2D eigenvalue weighted by atomic mass is 9.97. The number of nitriles is 1. The normalized spacial score (nSPS) is 11.7. The van der Waals surface area contributed by atoms with Crippen LogP contribution < -0.4 is 5.01 Å². The van der Waals surface area contributed by atoms with Gasteiger partial charge in [-0.2, -0.15) is 15.3 Å². The lowest BCUT2D eigenvalue weighted by Crippen LogP contribution is -2.11. The Morgan fingerprint density at radius 1 is 1.28 bits per heavy atom. The van der Waals surface area contributed by atoms with E-state index in [0.717, 1.165) is 12.0 Å². The molecule has 132 valence electrons. The molecular weight excluding hydrogens is 312 g/mol. The molecule has 0 fully saturated rings. The van der Waals surface area contributed by atoms with Gasteiger partial charge in [-0.25, -0.2) is 5.01 Å². The van der Waals surface area contributed by atoms with Gasteiger partial charge in [-0.05, 0) is 24.0 Å². The van der Waals surface area contributed by atoms with Crippen LogP contribution >= 0.6 is 0 Å². The molecule has 0 unspecified atom stereocenters. The first-order valence-electron chi connectivity index (χ1n) is 8.63. The van der Waals surface area contributed by atoms with Gasteiger partial charge in [0, 0.05) is 12.5 Å². The van der Waals surface area contributed by atoms with Crippen molar-refractivity contribution in [3.8, 4) is 6.07 Å². The maximum absolute atomic E-state index is 9.28. The van der Waals surface area contributed by atoms with E-state index in [1.165, 1.54) is 18.4 Å². The van der Waals surface area contributed by atoms with E-state index in [9.17, 15) is 5.26 Å². The van der Waals surface area contributed by atoms with Crippen molar-refractivity contribution in [2.24, 2.45) is 5.10 Å². The summed E-state index contributed by atoms with van der Waals surface area (Å²) >= 11 is 0. The maximum Gasteiger partial charge on any atom is 0.254 e. The Morgan fingerprint density at radius 2 is 1.96 bits per heavy atom. The summed E-state index contributed by atoms with van der Waals surface area (Å²) in [5, 5.41) is 15.2. The van der Waals surface area contributed by atoms with Crippen LogP contribution in [0, 0.1) is 11.3 Å². The van der Waals surface area contributed by atoms with Crippen molar-refractivity contribution >= 4 is 12.1 Å². The van der Waals surface area contributed by atoms with Crippen molar-refractivity contribution in [3.05, 3.63) is 47.0 Å². The van der Waals surface area contributed by atoms with E-state index in [2.05, 4.69) is 47.3 Å². The van der Waals surface area contributed by atoms with E-state index in [1.54, 1.807) is 18.3 Å². The average molecular weight is 338 g/mol. The van der Waals surface area contributed by atoms with Gasteiger partial charge < -0.3 is 4.42 Å². The van der Waals surface area contributed by atoms with Crippen LogP contribution in [-0.4, -0.2) is 18.2 Å². The fourth-order valence-corrected chi connectivity index (χ4v) is 2.28. The summed E-state index contributed by atoms with van der Waals surface area (Å²) in [5.74, 6) is 0.893. The highest BCUT2D eigenvalue weighted by Gasteiger charge is 2.25. The second kappa shape index (κ2) is 7.98. The molecule has 0 aliphatic rings. The minimum atomic E-state index is -0.261. The van der Waals surface area contributed by atoms with Gasteiger partial charge in [-0.1, -0.05) is 58.4 Å². The van der Waals surface area contributed by atoms with Crippen LogP contribution in [0.4, 0.5) is 5.88 Å². The molecule has 0 saturated carbocycles. The van der Waals surface area contributed by atoms with Gasteiger partial charge in [0.05, 0.1) is 6.21 Å².